The zero-order chi connectivity index (χ0) is 14.4. The molecule has 20 heavy (non-hydrogen) atoms. The highest BCUT2D eigenvalue weighted by Crippen LogP contribution is 2.36. The van der Waals surface area contributed by atoms with E-state index in [-0.39, 0.29) is 17.9 Å². The summed E-state index contributed by atoms with van der Waals surface area (Å²) in [5.74, 6) is -0.126. The van der Waals surface area contributed by atoms with Gasteiger partial charge in [-0.15, -0.1) is 0 Å². The van der Waals surface area contributed by atoms with Gasteiger partial charge >= 0.3 is 5.97 Å². The van der Waals surface area contributed by atoms with Gasteiger partial charge in [-0.05, 0) is 17.7 Å². The Kier molecular flexibility index (Phi) is 4.60. The molecule has 0 aliphatic rings. The van der Waals surface area contributed by atoms with Crippen LogP contribution in [0.5, 0.6) is 17.2 Å². The van der Waals surface area contributed by atoms with Crippen LogP contribution in [0.2, 0.25) is 0 Å². The number of hydrogen-bond acceptors (Lipinski definition) is 4. The molecule has 2 aromatic carbocycles. The summed E-state index contributed by atoms with van der Waals surface area (Å²) in [7, 11) is 0. The van der Waals surface area contributed by atoms with Gasteiger partial charge in [0.15, 0.2) is 11.5 Å². The summed E-state index contributed by atoms with van der Waals surface area (Å²) in [6.45, 7) is 2.02. The average Bonchev–Trinajstić information content (AvgIpc) is 2.48. The molecule has 0 atom stereocenters. The van der Waals surface area contributed by atoms with Crippen molar-refractivity contribution in [2.45, 2.75) is 20.0 Å². The molecule has 0 aromatic heterocycles. The van der Waals surface area contributed by atoms with Crippen molar-refractivity contribution in [2.75, 3.05) is 0 Å². The number of esters is 1. The second-order valence-corrected chi connectivity index (χ2v) is 4.21. The maximum absolute atomic E-state index is 11.4. The molecule has 0 unspecified atom stereocenters. The van der Waals surface area contributed by atoms with E-state index >= 15 is 0 Å². The molecule has 0 fully saturated rings. The molecule has 0 radical (unpaired) electrons. The quantitative estimate of drug-likeness (QED) is 0.670. The number of ether oxygens (including phenoxy) is 2. The van der Waals surface area contributed by atoms with E-state index in [1.54, 1.807) is 19.1 Å². The van der Waals surface area contributed by atoms with E-state index in [9.17, 15) is 9.90 Å². The van der Waals surface area contributed by atoms with E-state index < -0.39 is 5.97 Å². The number of aromatic hydroxyl groups is 1. The van der Waals surface area contributed by atoms with Crippen molar-refractivity contribution in [1.29, 1.82) is 0 Å². The number of benzene rings is 2. The van der Waals surface area contributed by atoms with Gasteiger partial charge in [0.05, 0.1) is 0 Å². The van der Waals surface area contributed by atoms with Crippen LogP contribution >= 0.6 is 0 Å². The van der Waals surface area contributed by atoms with Crippen LogP contribution in [-0.2, 0) is 11.4 Å². The monoisotopic (exact) mass is 272 g/mol. The zero-order valence-corrected chi connectivity index (χ0v) is 11.2. The van der Waals surface area contributed by atoms with Crippen molar-refractivity contribution in [3.8, 4) is 17.2 Å². The highest BCUT2D eigenvalue weighted by atomic mass is 16.6. The lowest BCUT2D eigenvalue weighted by atomic mass is 10.2. The molecule has 0 aliphatic heterocycles. The average molecular weight is 272 g/mol. The van der Waals surface area contributed by atoms with E-state index in [1.807, 2.05) is 30.3 Å². The lowest BCUT2D eigenvalue weighted by Gasteiger charge is -2.12. The Balaban J connectivity index is 2.14. The van der Waals surface area contributed by atoms with Crippen LogP contribution in [0.4, 0.5) is 0 Å². The SMILES string of the molecule is CCC(=O)Oc1c(O)cccc1OCc1ccccc1. The first-order valence-electron chi connectivity index (χ1n) is 6.40. The Labute approximate surface area is 117 Å². The number of para-hydroxylation sites is 1. The molecule has 2 rings (SSSR count). The first-order valence-corrected chi connectivity index (χ1v) is 6.40. The third kappa shape index (κ3) is 3.51. The third-order valence-electron chi connectivity index (χ3n) is 2.70. The molecule has 2 aromatic rings. The van der Waals surface area contributed by atoms with Crippen molar-refractivity contribution in [1.82, 2.24) is 0 Å². The maximum atomic E-state index is 11.4. The fourth-order valence-corrected chi connectivity index (χ4v) is 1.64. The third-order valence-corrected chi connectivity index (χ3v) is 2.70. The second kappa shape index (κ2) is 6.61. The molecule has 0 saturated heterocycles. The van der Waals surface area contributed by atoms with Gasteiger partial charge in [0.2, 0.25) is 5.75 Å². The van der Waals surface area contributed by atoms with Gasteiger partial charge in [-0.3, -0.25) is 4.79 Å². The van der Waals surface area contributed by atoms with Crippen molar-refractivity contribution >= 4 is 5.97 Å². The lowest BCUT2D eigenvalue weighted by Crippen LogP contribution is -2.07. The molecule has 4 nitrogen and oxygen atoms in total. The molecule has 1 N–H and O–H groups in total. The largest absolute Gasteiger partial charge is 0.504 e. The smallest absolute Gasteiger partial charge is 0.311 e. The molecule has 0 bridgehead atoms. The van der Waals surface area contributed by atoms with Crippen molar-refractivity contribution < 1.29 is 19.4 Å². The topological polar surface area (TPSA) is 55.8 Å². The molecule has 104 valence electrons. The highest BCUT2D eigenvalue weighted by Gasteiger charge is 2.14. The summed E-state index contributed by atoms with van der Waals surface area (Å²) in [5.41, 5.74) is 0.989. The van der Waals surface area contributed by atoms with Gasteiger partial charge in [-0.25, -0.2) is 0 Å². The molecule has 0 spiro atoms. The normalized spacial score (nSPS) is 10.1. The highest BCUT2D eigenvalue weighted by molar-refractivity contribution is 5.74. The van der Waals surface area contributed by atoms with Gasteiger partial charge in [-0.2, -0.15) is 0 Å². The number of phenols is 1. The lowest BCUT2D eigenvalue weighted by molar-refractivity contribution is -0.134. The number of hydrogen-bond donors (Lipinski definition) is 1. The standard InChI is InChI=1S/C16H16O4/c1-2-15(18)20-16-13(17)9-6-10-14(16)19-11-12-7-4-3-5-8-12/h3-10,17H,2,11H2,1H3. The second-order valence-electron chi connectivity index (χ2n) is 4.21. The Morgan fingerprint density at radius 2 is 1.85 bits per heavy atom. The molecule has 0 heterocycles. The fourth-order valence-electron chi connectivity index (χ4n) is 1.64. The fraction of sp³-hybridized carbons (Fsp3) is 0.188. The number of rotatable bonds is 5. The Bertz CT molecular complexity index is 578. The minimum atomic E-state index is -0.420. The summed E-state index contributed by atoms with van der Waals surface area (Å²) in [6, 6.07) is 14.4. The molecule has 0 aliphatic carbocycles. The van der Waals surface area contributed by atoms with Gasteiger partial charge in [0.1, 0.15) is 6.61 Å². The van der Waals surface area contributed by atoms with Crippen LogP contribution in [0.25, 0.3) is 0 Å². The number of phenolic OH excluding ortho intramolecular Hbond substituents is 1. The Morgan fingerprint density at radius 1 is 1.10 bits per heavy atom. The van der Waals surface area contributed by atoms with E-state index in [0.29, 0.717) is 12.4 Å². The summed E-state index contributed by atoms with van der Waals surface area (Å²) in [4.78, 5) is 11.4. The van der Waals surface area contributed by atoms with Crippen molar-refractivity contribution in [3.63, 3.8) is 0 Å². The van der Waals surface area contributed by atoms with E-state index in [4.69, 9.17) is 9.47 Å². The van der Waals surface area contributed by atoms with Crippen LogP contribution < -0.4 is 9.47 Å². The van der Waals surface area contributed by atoms with Crippen LogP contribution in [0.15, 0.2) is 48.5 Å². The summed E-state index contributed by atoms with van der Waals surface area (Å²) in [6.07, 6.45) is 0.229. The molecule has 0 saturated carbocycles. The van der Waals surface area contributed by atoms with Gasteiger partial charge in [0.25, 0.3) is 0 Å². The minimum Gasteiger partial charge on any atom is -0.504 e. The van der Waals surface area contributed by atoms with E-state index in [2.05, 4.69) is 0 Å². The Morgan fingerprint density at radius 3 is 2.55 bits per heavy atom. The molecular weight excluding hydrogens is 256 g/mol. The molecule has 4 heteroatoms. The molecule has 0 amide bonds. The summed E-state index contributed by atoms with van der Waals surface area (Å²) < 4.78 is 10.7. The van der Waals surface area contributed by atoms with Gasteiger partial charge < -0.3 is 14.6 Å². The summed E-state index contributed by atoms with van der Waals surface area (Å²) in [5, 5.41) is 9.78. The van der Waals surface area contributed by atoms with Crippen LogP contribution in [0, 0.1) is 0 Å². The first kappa shape index (κ1) is 13.9. The number of carbonyl (C=O) groups is 1. The predicted octanol–water partition coefficient (Wildman–Crippen LogP) is 3.29. The van der Waals surface area contributed by atoms with Crippen molar-refractivity contribution in [2.24, 2.45) is 0 Å². The number of carbonyl (C=O) groups excluding carboxylic acids is 1. The van der Waals surface area contributed by atoms with Crippen molar-refractivity contribution in [3.05, 3.63) is 54.1 Å². The first-order chi connectivity index (χ1) is 9.70. The minimum absolute atomic E-state index is 0.0651. The maximum Gasteiger partial charge on any atom is 0.311 e. The van der Waals surface area contributed by atoms with E-state index in [1.165, 1.54) is 6.07 Å². The Hall–Kier alpha value is -2.49. The van der Waals surface area contributed by atoms with Gasteiger partial charge in [0, 0.05) is 6.42 Å². The summed E-state index contributed by atoms with van der Waals surface area (Å²) >= 11 is 0. The zero-order valence-electron chi connectivity index (χ0n) is 11.2. The van der Waals surface area contributed by atoms with Crippen LogP contribution in [-0.4, -0.2) is 11.1 Å². The van der Waals surface area contributed by atoms with E-state index in [0.717, 1.165) is 5.56 Å². The van der Waals surface area contributed by atoms with Crippen LogP contribution in [0.1, 0.15) is 18.9 Å². The molecular formula is C16H16O4. The van der Waals surface area contributed by atoms with Gasteiger partial charge in [-0.1, -0.05) is 43.3 Å². The predicted molar refractivity (Wildman–Crippen MR) is 74.8 cm³/mol. The van der Waals surface area contributed by atoms with Crippen LogP contribution in [0.3, 0.4) is 0 Å².